The molecule has 0 spiro atoms. The second-order valence-electron chi connectivity index (χ2n) is 7.39. The van der Waals surface area contributed by atoms with Gasteiger partial charge in [-0.3, -0.25) is 9.69 Å². The quantitative estimate of drug-likeness (QED) is 0.831. The fourth-order valence-corrected chi connectivity index (χ4v) is 3.84. The average molecular weight is 376 g/mol. The van der Waals surface area contributed by atoms with Crippen LogP contribution in [0.4, 0.5) is 0 Å². The number of fused-ring (bicyclic) bond motifs is 1. The van der Waals surface area contributed by atoms with Gasteiger partial charge in [0.05, 0.1) is 12.5 Å². The standard InChI is InChI=1S/C23H24N2O3/c1-2-28-21-9-4-16(5-10-21)3-7-19-8-6-17-15-25(12-11-22(17)24-19)20-13-18(14-20)23(26)27/h4-6,8-10,18,20H,2,11-15H2,1H3,(H,26,27). The molecule has 1 aromatic heterocycles. The maximum Gasteiger partial charge on any atom is 0.306 e. The Morgan fingerprint density at radius 1 is 1.21 bits per heavy atom. The first-order chi connectivity index (χ1) is 13.6. The Bertz CT molecular complexity index is 921. The summed E-state index contributed by atoms with van der Waals surface area (Å²) in [5, 5.41) is 9.06. The van der Waals surface area contributed by atoms with E-state index in [9.17, 15) is 4.79 Å². The van der Waals surface area contributed by atoms with Crippen LogP contribution >= 0.6 is 0 Å². The van der Waals surface area contributed by atoms with Crippen LogP contribution in [0.2, 0.25) is 0 Å². The second kappa shape index (κ2) is 8.04. The van der Waals surface area contributed by atoms with Crippen molar-refractivity contribution in [3.63, 3.8) is 0 Å². The number of carboxylic acid groups (broad SMARTS) is 1. The number of aliphatic carboxylic acids is 1. The molecule has 2 aromatic rings. The Balaban J connectivity index is 1.40. The summed E-state index contributed by atoms with van der Waals surface area (Å²) in [5.41, 5.74) is 4.07. The minimum absolute atomic E-state index is 0.162. The predicted molar refractivity (Wildman–Crippen MR) is 106 cm³/mol. The lowest BCUT2D eigenvalue weighted by molar-refractivity contribution is -0.147. The highest BCUT2D eigenvalue weighted by Gasteiger charge is 2.38. The van der Waals surface area contributed by atoms with E-state index in [-0.39, 0.29) is 5.92 Å². The Hall–Kier alpha value is -2.84. The molecule has 0 amide bonds. The van der Waals surface area contributed by atoms with Crippen LogP contribution < -0.4 is 4.74 Å². The molecule has 1 aromatic carbocycles. The van der Waals surface area contributed by atoms with Gasteiger partial charge < -0.3 is 9.84 Å². The van der Waals surface area contributed by atoms with Crippen molar-refractivity contribution in [2.75, 3.05) is 13.2 Å². The monoisotopic (exact) mass is 376 g/mol. The van der Waals surface area contributed by atoms with Crippen molar-refractivity contribution in [3.8, 4) is 17.6 Å². The molecule has 4 rings (SSSR count). The lowest BCUT2D eigenvalue weighted by Gasteiger charge is -2.43. The molecule has 0 radical (unpaired) electrons. The van der Waals surface area contributed by atoms with Crippen LogP contribution in [0.5, 0.6) is 5.75 Å². The van der Waals surface area contributed by atoms with Crippen molar-refractivity contribution >= 4 is 5.97 Å². The maximum absolute atomic E-state index is 11.0. The summed E-state index contributed by atoms with van der Waals surface area (Å²) in [6.45, 7) is 4.41. The van der Waals surface area contributed by atoms with E-state index in [0.717, 1.165) is 55.1 Å². The molecule has 0 unspecified atom stereocenters. The van der Waals surface area contributed by atoms with Crippen LogP contribution in [-0.2, 0) is 17.8 Å². The zero-order valence-corrected chi connectivity index (χ0v) is 16.0. The summed E-state index contributed by atoms with van der Waals surface area (Å²) in [5.74, 6) is 6.35. The van der Waals surface area contributed by atoms with Crippen molar-refractivity contribution in [2.45, 2.75) is 38.8 Å². The van der Waals surface area contributed by atoms with Crippen molar-refractivity contribution in [1.82, 2.24) is 9.88 Å². The van der Waals surface area contributed by atoms with E-state index in [0.29, 0.717) is 12.6 Å². The Morgan fingerprint density at radius 3 is 2.71 bits per heavy atom. The van der Waals surface area contributed by atoms with Crippen molar-refractivity contribution < 1.29 is 14.6 Å². The van der Waals surface area contributed by atoms with Crippen molar-refractivity contribution in [3.05, 3.63) is 58.9 Å². The molecule has 5 nitrogen and oxygen atoms in total. The lowest BCUT2D eigenvalue weighted by atomic mass is 9.78. The minimum Gasteiger partial charge on any atom is -0.494 e. The molecule has 2 aliphatic rings. The van der Waals surface area contributed by atoms with E-state index in [1.54, 1.807) is 0 Å². The van der Waals surface area contributed by atoms with Gasteiger partial charge >= 0.3 is 5.97 Å². The smallest absolute Gasteiger partial charge is 0.306 e. The van der Waals surface area contributed by atoms with Gasteiger partial charge in [-0.25, -0.2) is 4.98 Å². The number of nitrogens with zero attached hydrogens (tertiary/aromatic N) is 2. The number of rotatable bonds is 4. The molecule has 28 heavy (non-hydrogen) atoms. The number of carboxylic acids is 1. The molecule has 144 valence electrons. The lowest BCUT2D eigenvalue weighted by Crippen LogP contribution is -2.48. The third-order valence-electron chi connectivity index (χ3n) is 5.56. The fourth-order valence-electron chi connectivity index (χ4n) is 3.84. The van der Waals surface area contributed by atoms with Gasteiger partial charge in [-0.05, 0) is 61.6 Å². The van der Waals surface area contributed by atoms with Crippen LogP contribution in [0.1, 0.15) is 42.3 Å². The molecule has 5 heteroatoms. The molecule has 1 N–H and O–H groups in total. The third-order valence-corrected chi connectivity index (χ3v) is 5.56. The molecule has 0 atom stereocenters. The molecule has 1 aliphatic heterocycles. The fraction of sp³-hybridized carbons (Fsp3) is 0.391. The molecule has 2 heterocycles. The SMILES string of the molecule is CCOc1ccc(C#Cc2ccc3c(n2)CCN(C2CC(C(=O)O)C2)C3)cc1. The number of ether oxygens (including phenoxy) is 1. The summed E-state index contributed by atoms with van der Waals surface area (Å²) in [7, 11) is 0. The first-order valence-electron chi connectivity index (χ1n) is 9.83. The number of pyridine rings is 1. The van der Waals surface area contributed by atoms with Crippen LogP contribution in [-0.4, -0.2) is 40.2 Å². The van der Waals surface area contributed by atoms with Crippen LogP contribution in [0.15, 0.2) is 36.4 Å². The molecular formula is C23H24N2O3. The van der Waals surface area contributed by atoms with E-state index in [1.165, 1.54) is 5.56 Å². The van der Waals surface area contributed by atoms with E-state index in [1.807, 2.05) is 37.3 Å². The van der Waals surface area contributed by atoms with E-state index < -0.39 is 5.97 Å². The van der Waals surface area contributed by atoms with Crippen molar-refractivity contribution in [2.24, 2.45) is 5.92 Å². The van der Waals surface area contributed by atoms with E-state index in [2.05, 4.69) is 22.8 Å². The van der Waals surface area contributed by atoms with Crippen LogP contribution in [0, 0.1) is 17.8 Å². The Kier molecular flexibility index (Phi) is 5.31. The minimum atomic E-state index is -0.661. The number of hydrogen-bond acceptors (Lipinski definition) is 4. The molecule has 1 fully saturated rings. The van der Waals surface area contributed by atoms with Gasteiger partial charge in [-0.15, -0.1) is 0 Å². The highest BCUT2D eigenvalue weighted by molar-refractivity contribution is 5.71. The van der Waals surface area contributed by atoms with Crippen molar-refractivity contribution in [1.29, 1.82) is 0 Å². The largest absolute Gasteiger partial charge is 0.494 e. The van der Waals surface area contributed by atoms with Crippen LogP contribution in [0.3, 0.4) is 0 Å². The van der Waals surface area contributed by atoms with Gasteiger partial charge in [0.1, 0.15) is 11.4 Å². The molecule has 0 bridgehead atoms. The van der Waals surface area contributed by atoms with E-state index in [4.69, 9.17) is 14.8 Å². The Morgan fingerprint density at radius 2 is 2.00 bits per heavy atom. The van der Waals surface area contributed by atoms with Gasteiger partial charge in [0.15, 0.2) is 0 Å². The zero-order chi connectivity index (χ0) is 19.5. The summed E-state index contributed by atoms with van der Waals surface area (Å²) in [6, 6.07) is 12.3. The highest BCUT2D eigenvalue weighted by Crippen LogP contribution is 2.34. The Labute approximate surface area is 165 Å². The van der Waals surface area contributed by atoms with E-state index >= 15 is 0 Å². The number of benzene rings is 1. The average Bonchev–Trinajstić information content (AvgIpc) is 2.66. The van der Waals surface area contributed by atoms with Gasteiger partial charge in [-0.1, -0.05) is 12.0 Å². The molecule has 0 saturated heterocycles. The van der Waals surface area contributed by atoms with Gasteiger partial charge in [0.25, 0.3) is 0 Å². The zero-order valence-electron chi connectivity index (χ0n) is 16.0. The third kappa shape index (κ3) is 4.02. The highest BCUT2D eigenvalue weighted by atomic mass is 16.5. The van der Waals surface area contributed by atoms with Crippen LogP contribution in [0.25, 0.3) is 0 Å². The summed E-state index contributed by atoms with van der Waals surface area (Å²) >= 11 is 0. The maximum atomic E-state index is 11.0. The topological polar surface area (TPSA) is 62.7 Å². The normalized spacial score (nSPS) is 21.0. The summed E-state index contributed by atoms with van der Waals surface area (Å²) in [4.78, 5) is 18.1. The molecule has 1 aliphatic carbocycles. The van der Waals surface area contributed by atoms with Gasteiger partial charge in [0.2, 0.25) is 0 Å². The summed E-state index contributed by atoms with van der Waals surface area (Å²) < 4.78 is 5.45. The number of carbonyl (C=O) groups is 1. The molecule has 1 saturated carbocycles. The molecular weight excluding hydrogens is 352 g/mol. The number of aromatic nitrogens is 1. The second-order valence-corrected chi connectivity index (χ2v) is 7.39. The first-order valence-corrected chi connectivity index (χ1v) is 9.83. The number of hydrogen-bond donors (Lipinski definition) is 1. The van der Waals surface area contributed by atoms with Gasteiger partial charge in [-0.2, -0.15) is 0 Å². The predicted octanol–water partition coefficient (Wildman–Crippen LogP) is 3.10. The van der Waals surface area contributed by atoms with Gasteiger partial charge in [0, 0.05) is 36.8 Å². The summed E-state index contributed by atoms with van der Waals surface area (Å²) in [6.07, 6.45) is 2.43. The first kappa shape index (κ1) is 18.5.